The standard InChI is InChI=1S/C22H25F2N3O2S/c1-5-13(3)21(29)27-8-7-16-17(12-30-18(16)11-27)20(28)26-15-9-14(6-2)25-19(10-15)22(4,23)24/h5,9-10,12H,6-8,11H2,1-4H3,(H,25,26,28)/b13-5+. The average Bonchev–Trinajstić information content (AvgIpc) is 3.15. The maximum atomic E-state index is 13.8. The second-order valence-electron chi connectivity index (χ2n) is 7.43. The second kappa shape index (κ2) is 8.63. The molecule has 0 unspecified atom stereocenters. The molecule has 0 spiro atoms. The van der Waals surface area contributed by atoms with Gasteiger partial charge in [0.1, 0.15) is 5.69 Å². The molecule has 0 saturated carbocycles. The molecule has 2 amide bonds. The van der Waals surface area contributed by atoms with Crippen LogP contribution in [0.2, 0.25) is 0 Å². The molecule has 3 heterocycles. The van der Waals surface area contributed by atoms with Crippen LogP contribution in [0.25, 0.3) is 0 Å². The van der Waals surface area contributed by atoms with E-state index in [2.05, 4.69) is 10.3 Å². The monoisotopic (exact) mass is 433 g/mol. The number of carbonyl (C=O) groups is 2. The number of allylic oxidation sites excluding steroid dienone is 1. The molecule has 0 saturated heterocycles. The Morgan fingerprint density at radius 2 is 2.10 bits per heavy atom. The van der Waals surface area contributed by atoms with Crippen molar-refractivity contribution in [2.75, 3.05) is 11.9 Å². The Kier molecular flexibility index (Phi) is 6.36. The van der Waals surface area contributed by atoms with E-state index < -0.39 is 5.92 Å². The lowest BCUT2D eigenvalue weighted by molar-refractivity contribution is -0.127. The number of pyridine rings is 1. The lowest BCUT2D eigenvalue weighted by atomic mass is 10.0. The highest BCUT2D eigenvalue weighted by atomic mass is 32.1. The van der Waals surface area contributed by atoms with Gasteiger partial charge in [0.2, 0.25) is 5.91 Å². The van der Waals surface area contributed by atoms with Crippen LogP contribution >= 0.6 is 11.3 Å². The SMILES string of the molecule is C/C=C(\C)C(=O)N1CCc2c(C(=O)Nc3cc(CC)nc(C(C)(F)F)c3)csc2C1. The first-order valence-corrected chi connectivity index (χ1v) is 10.7. The van der Waals surface area contributed by atoms with Crippen molar-refractivity contribution in [3.63, 3.8) is 0 Å². The molecule has 30 heavy (non-hydrogen) atoms. The molecule has 5 nitrogen and oxygen atoms in total. The largest absolute Gasteiger partial charge is 0.333 e. The quantitative estimate of drug-likeness (QED) is 0.681. The number of thiophene rings is 1. The smallest absolute Gasteiger partial charge is 0.287 e. The molecule has 1 N–H and O–H groups in total. The minimum atomic E-state index is -3.09. The maximum absolute atomic E-state index is 13.8. The molecule has 1 aliphatic rings. The van der Waals surface area contributed by atoms with Gasteiger partial charge in [0.15, 0.2) is 0 Å². The molecule has 0 fully saturated rings. The number of anilines is 1. The number of nitrogens with zero attached hydrogens (tertiary/aromatic N) is 2. The van der Waals surface area contributed by atoms with E-state index in [9.17, 15) is 18.4 Å². The van der Waals surface area contributed by atoms with E-state index >= 15 is 0 Å². The van der Waals surface area contributed by atoms with Crippen LogP contribution in [-0.2, 0) is 30.1 Å². The Hall–Kier alpha value is -2.61. The zero-order valence-corrected chi connectivity index (χ0v) is 18.3. The first-order chi connectivity index (χ1) is 14.1. The predicted molar refractivity (Wildman–Crippen MR) is 114 cm³/mol. The number of alkyl halides is 2. The Bertz CT molecular complexity index is 1010. The number of hydrogen-bond acceptors (Lipinski definition) is 4. The molecule has 1 aliphatic heterocycles. The lowest BCUT2D eigenvalue weighted by Crippen LogP contribution is -2.36. The summed E-state index contributed by atoms with van der Waals surface area (Å²) >= 11 is 1.44. The average molecular weight is 434 g/mol. The molecule has 3 rings (SSSR count). The second-order valence-corrected chi connectivity index (χ2v) is 8.39. The molecule has 0 aliphatic carbocycles. The van der Waals surface area contributed by atoms with Crippen molar-refractivity contribution in [3.8, 4) is 0 Å². The molecule has 8 heteroatoms. The van der Waals surface area contributed by atoms with Crippen molar-refractivity contribution in [3.05, 3.63) is 56.6 Å². The van der Waals surface area contributed by atoms with E-state index in [4.69, 9.17) is 0 Å². The zero-order valence-electron chi connectivity index (χ0n) is 17.5. The summed E-state index contributed by atoms with van der Waals surface area (Å²) < 4.78 is 27.5. The van der Waals surface area contributed by atoms with Gasteiger partial charge in [0, 0.05) is 40.7 Å². The van der Waals surface area contributed by atoms with Crippen molar-refractivity contribution in [2.24, 2.45) is 0 Å². The number of aromatic nitrogens is 1. The molecule has 0 radical (unpaired) electrons. The van der Waals surface area contributed by atoms with Crippen molar-refractivity contribution in [2.45, 2.75) is 53.0 Å². The summed E-state index contributed by atoms with van der Waals surface area (Å²) in [6.45, 7) is 7.24. The fourth-order valence-corrected chi connectivity index (χ4v) is 4.42. The number of halogens is 2. The first-order valence-electron chi connectivity index (χ1n) is 9.86. The number of fused-ring (bicyclic) bond motifs is 1. The van der Waals surface area contributed by atoms with Gasteiger partial charge >= 0.3 is 0 Å². The Labute approximate surface area is 178 Å². The van der Waals surface area contributed by atoms with Gasteiger partial charge in [-0.2, -0.15) is 8.78 Å². The van der Waals surface area contributed by atoms with Gasteiger partial charge < -0.3 is 10.2 Å². The zero-order chi connectivity index (χ0) is 22.1. The van der Waals surface area contributed by atoms with Crippen LogP contribution in [0.3, 0.4) is 0 Å². The van der Waals surface area contributed by atoms with E-state index in [-0.39, 0.29) is 17.5 Å². The normalized spacial score (nSPS) is 14.5. The number of nitrogens with one attached hydrogen (secondary N) is 1. The summed E-state index contributed by atoms with van der Waals surface area (Å²) in [5.41, 5.74) is 2.58. The van der Waals surface area contributed by atoms with Gasteiger partial charge in [-0.15, -0.1) is 11.3 Å². The van der Waals surface area contributed by atoms with Gasteiger partial charge in [0.05, 0.1) is 12.1 Å². The molecule has 160 valence electrons. The molecule has 0 atom stereocenters. The number of hydrogen-bond donors (Lipinski definition) is 1. The van der Waals surface area contributed by atoms with Crippen LogP contribution in [0.15, 0.2) is 29.2 Å². The summed E-state index contributed by atoms with van der Waals surface area (Å²) in [6.07, 6.45) is 2.85. The Morgan fingerprint density at radius 3 is 2.73 bits per heavy atom. The van der Waals surface area contributed by atoms with Crippen LogP contribution in [0.4, 0.5) is 14.5 Å². The molecular formula is C22H25F2N3O2S. The number of rotatable bonds is 5. The van der Waals surface area contributed by atoms with Gasteiger partial charge in [-0.25, -0.2) is 0 Å². The minimum absolute atomic E-state index is 0.000504. The predicted octanol–water partition coefficient (Wildman–Crippen LogP) is 4.92. The fourth-order valence-electron chi connectivity index (χ4n) is 3.33. The molecule has 0 bridgehead atoms. The van der Waals surface area contributed by atoms with Crippen molar-refractivity contribution < 1.29 is 18.4 Å². The minimum Gasteiger partial charge on any atom is -0.333 e. The van der Waals surface area contributed by atoms with Gasteiger partial charge in [-0.05, 0) is 44.4 Å². The van der Waals surface area contributed by atoms with Gasteiger partial charge in [-0.3, -0.25) is 14.6 Å². The Morgan fingerprint density at radius 1 is 1.37 bits per heavy atom. The maximum Gasteiger partial charge on any atom is 0.287 e. The van der Waals surface area contributed by atoms with Crippen LogP contribution in [0.1, 0.15) is 59.9 Å². The highest BCUT2D eigenvalue weighted by Gasteiger charge is 2.29. The summed E-state index contributed by atoms with van der Waals surface area (Å²) in [5.74, 6) is -3.43. The summed E-state index contributed by atoms with van der Waals surface area (Å²) in [4.78, 5) is 32.0. The molecule has 2 aromatic rings. The summed E-state index contributed by atoms with van der Waals surface area (Å²) in [5, 5.41) is 4.52. The summed E-state index contributed by atoms with van der Waals surface area (Å²) in [6, 6.07) is 2.84. The van der Waals surface area contributed by atoms with E-state index in [0.717, 1.165) is 17.4 Å². The third kappa shape index (κ3) is 4.59. The van der Waals surface area contributed by atoms with Crippen LogP contribution in [-0.4, -0.2) is 28.2 Å². The van der Waals surface area contributed by atoms with Crippen LogP contribution in [0.5, 0.6) is 0 Å². The Balaban J connectivity index is 1.81. The molecule has 0 aromatic carbocycles. The lowest BCUT2D eigenvalue weighted by Gasteiger charge is -2.27. The topological polar surface area (TPSA) is 62.3 Å². The van der Waals surface area contributed by atoms with Gasteiger partial charge in [-0.1, -0.05) is 13.0 Å². The van der Waals surface area contributed by atoms with E-state index in [1.54, 1.807) is 29.3 Å². The van der Waals surface area contributed by atoms with E-state index in [1.807, 2.05) is 13.8 Å². The highest BCUT2D eigenvalue weighted by Crippen LogP contribution is 2.31. The third-order valence-corrected chi connectivity index (χ3v) is 6.21. The molecule has 2 aromatic heterocycles. The van der Waals surface area contributed by atoms with Gasteiger partial charge in [0.25, 0.3) is 11.8 Å². The van der Waals surface area contributed by atoms with Crippen molar-refractivity contribution in [1.29, 1.82) is 0 Å². The van der Waals surface area contributed by atoms with Crippen LogP contribution in [0, 0.1) is 0 Å². The summed E-state index contributed by atoms with van der Waals surface area (Å²) in [7, 11) is 0. The highest BCUT2D eigenvalue weighted by molar-refractivity contribution is 7.10. The van der Waals surface area contributed by atoms with Crippen LogP contribution < -0.4 is 5.32 Å². The number of amides is 2. The molecular weight excluding hydrogens is 408 g/mol. The van der Waals surface area contributed by atoms with Crippen molar-refractivity contribution in [1.82, 2.24) is 9.88 Å². The fraction of sp³-hybridized carbons (Fsp3) is 0.409. The third-order valence-electron chi connectivity index (χ3n) is 5.20. The first kappa shape index (κ1) is 22.1. The van der Waals surface area contributed by atoms with E-state index in [1.165, 1.54) is 17.4 Å². The number of aryl methyl sites for hydroxylation is 1. The van der Waals surface area contributed by atoms with Crippen molar-refractivity contribution >= 4 is 28.8 Å². The number of carbonyl (C=O) groups excluding carboxylic acids is 2. The van der Waals surface area contributed by atoms with E-state index in [0.29, 0.717) is 48.4 Å².